The number of carbonyl (C=O) groups is 1. The van der Waals surface area contributed by atoms with Crippen molar-refractivity contribution >= 4 is 5.91 Å². The van der Waals surface area contributed by atoms with Gasteiger partial charge in [-0.15, -0.1) is 0 Å². The van der Waals surface area contributed by atoms with E-state index in [1.165, 1.54) is 25.2 Å². The lowest BCUT2D eigenvalue weighted by Crippen LogP contribution is -2.40. The van der Waals surface area contributed by atoms with Crippen LogP contribution in [0.2, 0.25) is 0 Å². The molecular formula is C18H23N5O3. The van der Waals surface area contributed by atoms with Crippen LogP contribution in [0.4, 0.5) is 0 Å². The first-order valence-electron chi connectivity index (χ1n) is 8.89. The number of nitrogens with zero attached hydrogens (tertiary/aromatic N) is 5. The van der Waals surface area contributed by atoms with Gasteiger partial charge in [0.1, 0.15) is 0 Å². The Morgan fingerprint density at radius 3 is 2.73 bits per heavy atom. The van der Waals surface area contributed by atoms with Crippen LogP contribution in [0.15, 0.2) is 18.6 Å². The summed E-state index contributed by atoms with van der Waals surface area (Å²) in [6.45, 7) is 2.45. The molecule has 0 radical (unpaired) electrons. The lowest BCUT2D eigenvalue weighted by molar-refractivity contribution is 0.0615. The zero-order chi connectivity index (χ0) is 18.1. The van der Waals surface area contributed by atoms with E-state index >= 15 is 0 Å². The smallest absolute Gasteiger partial charge is 0.291 e. The molecule has 8 nitrogen and oxygen atoms in total. The molecule has 2 aromatic rings. The van der Waals surface area contributed by atoms with Crippen LogP contribution in [0.25, 0.3) is 0 Å². The van der Waals surface area contributed by atoms with Gasteiger partial charge in [0.15, 0.2) is 5.75 Å². The molecule has 0 spiro atoms. The number of rotatable bonds is 6. The van der Waals surface area contributed by atoms with Crippen LogP contribution in [-0.2, 0) is 18.3 Å². The molecule has 1 saturated carbocycles. The molecule has 2 aliphatic rings. The van der Waals surface area contributed by atoms with Crippen LogP contribution >= 0.6 is 0 Å². The summed E-state index contributed by atoms with van der Waals surface area (Å²) in [4.78, 5) is 22.9. The second kappa shape index (κ2) is 7.03. The number of fused-ring (bicyclic) bond motifs is 1. The van der Waals surface area contributed by atoms with Crippen LogP contribution < -0.4 is 4.74 Å². The SMILES string of the molecule is COc1cnc(C(=O)N2Cc3cn(C)nc3C(COCC3CC3)C2)nc1. The fraction of sp³-hybridized carbons (Fsp3) is 0.556. The van der Waals surface area contributed by atoms with E-state index in [2.05, 4.69) is 15.1 Å². The van der Waals surface area contributed by atoms with Crippen molar-refractivity contribution in [2.24, 2.45) is 13.0 Å². The van der Waals surface area contributed by atoms with Crippen molar-refractivity contribution in [3.05, 3.63) is 35.7 Å². The van der Waals surface area contributed by atoms with Gasteiger partial charge in [-0.25, -0.2) is 9.97 Å². The largest absolute Gasteiger partial charge is 0.494 e. The molecule has 4 rings (SSSR count). The molecule has 3 heterocycles. The van der Waals surface area contributed by atoms with E-state index in [4.69, 9.17) is 9.47 Å². The molecule has 1 fully saturated rings. The molecular weight excluding hydrogens is 334 g/mol. The average molecular weight is 357 g/mol. The Hall–Kier alpha value is -2.48. The third-order valence-corrected chi connectivity index (χ3v) is 4.84. The maximum Gasteiger partial charge on any atom is 0.291 e. The quantitative estimate of drug-likeness (QED) is 0.777. The molecule has 1 atom stereocenters. The predicted octanol–water partition coefficient (Wildman–Crippen LogP) is 1.38. The summed E-state index contributed by atoms with van der Waals surface area (Å²) in [5.41, 5.74) is 2.09. The van der Waals surface area contributed by atoms with Gasteiger partial charge in [-0.1, -0.05) is 0 Å². The van der Waals surface area contributed by atoms with Gasteiger partial charge in [-0.2, -0.15) is 5.10 Å². The van der Waals surface area contributed by atoms with E-state index in [1.807, 2.05) is 13.2 Å². The summed E-state index contributed by atoms with van der Waals surface area (Å²) < 4.78 is 12.7. The lowest BCUT2D eigenvalue weighted by Gasteiger charge is -2.31. The highest BCUT2D eigenvalue weighted by atomic mass is 16.5. The number of aryl methyl sites for hydroxylation is 1. The Morgan fingerprint density at radius 2 is 2.04 bits per heavy atom. The molecule has 1 aliphatic heterocycles. The molecule has 26 heavy (non-hydrogen) atoms. The van der Waals surface area contributed by atoms with Gasteiger partial charge >= 0.3 is 0 Å². The number of carbonyl (C=O) groups excluding carboxylic acids is 1. The van der Waals surface area contributed by atoms with Gasteiger partial charge in [0.25, 0.3) is 5.91 Å². The van der Waals surface area contributed by atoms with Crippen molar-refractivity contribution in [2.75, 3.05) is 26.9 Å². The van der Waals surface area contributed by atoms with Gasteiger partial charge in [-0.05, 0) is 18.8 Å². The summed E-state index contributed by atoms with van der Waals surface area (Å²) in [6, 6.07) is 0. The van der Waals surface area contributed by atoms with Crippen LogP contribution in [0.1, 0.15) is 40.6 Å². The van der Waals surface area contributed by atoms with E-state index < -0.39 is 0 Å². The van der Waals surface area contributed by atoms with Crippen molar-refractivity contribution in [3.8, 4) is 5.75 Å². The molecule has 0 saturated heterocycles. The van der Waals surface area contributed by atoms with Crippen LogP contribution in [0.5, 0.6) is 5.75 Å². The predicted molar refractivity (Wildman–Crippen MR) is 92.8 cm³/mol. The zero-order valence-electron chi connectivity index (χ0n) is 15.1. The fourth-order valence-electron chi connectivity index (χ4n) is 3.26. The Kier molecular flexibility index (Phi) is 4.58. The summed E-state index contributed by atoms with van der Waals surface area (Å²) in [5.74, 6) is 1.30. The molecule has 1 unspecified atom stereocenters. The first kappa shape index (κ1) is 17.0. The number of amides is 1. The van der Waals surface area contributed by atoms with E-state index in [-0.39, 0.29) is 17.6 Å². The Labute approximate surface area is 152 Å². The highest BCUT2D eigenvalue weighted by Gasteiger charge is 2.33. The molecule has 2 aromatic heterocycles. The van der Waals surface area contributed by atoms with Gasteiger partial charge in [0, 0.05) is 44.4 Å². The summed E-state index contributed by atoms with van der Waals surface area (Å²) in [7, 11) is 3.44. The van der Waals surface area contributed by atoms with E-state index in [1.54, 1.807) is 16.7 Å². The number of methoxy groups -OCH3 is 1. The van der Waals surface area contributed by atoms with Crippen molar-refractivity contribution in [2.45, 2.75) is 25.3 Å². The third-order valence-electron chi connectivity index (χ3n) is 4.84. The van der Waals surface area contributed by atoms with Crippen LogP contribution in [0, 0.1) is 5.92 Å². The monoisotopic (exact) mass is 357 g/mol. The first-order chi connectivity index (χ1) is 12.6. The third kappa shape index (κ3) is 3.55. The maximum atomic E-state index is 12.8. The van der Waals surface area contributed by atoms with E-state index in [0.717, 1.165) is 17.9 Å². The average Bonchev–Trinajstić information content (AvgIpc) is 3.40. The van der Waals surface area contributed by atoms with Gasteiger partial charge in [0.05, 0.1) is 31.8 Å². The highest BCUT2D eigenvalue weighted by Crippen LogP contribution is 2.31. The second-order valence-electron chi connectivity index (χ2n) is 7.02. The van der Waals surface area contributed by atoms with Crippen LogP contribution in [0.3, 0.4) is 0 Å². The van der Waals surface area contributed by atoms with Gasteiger partial charge in [-0.3, -0.25) is 9.48 Å². The normalized spacial score (nSPS) is 19.3. The molecule has 0 aromatic carbocycles. The summed E-state index contributed by atoms with van der Waals surface area (Å²) in [5, 5.41) is 4.59. The molecule has 1 aliphatic carbocycles. The molecule has 138 valence electrons. The topological polar surface area (TPSA) is 82.4 Å². The van der Waals surface area contributed by atoms with Crippen molar-refractivity contribution < 1.29 is 14.3 Å². The Balaban J connectivity index is 1.49. The Bertz CT molecular complexity index is 785. The summed E-state index contributed by atoms with van der Waals surface area (Å²) >= 11 is 0. The number of aromatic nitrogens is 4. The number of ether oxygens (including phenoxy) is 2. The minimum atomic E-state index is -0.186. The van der Waals surface area contributed by atoms with Crippen molar-refractivity contribution in [3.63, 3.8) is 0 Å². The number of hydrogen-bond donors (Lipinski definition) is 0. The standard InChI is InChI=1S/C18H23N5O3/c1-22-7-13-8-23(18(24)17-19-5-15(25-2)6-20-17)9-14(16(13)21-22)11-26-10-12-3-4-12/h5-7,12,14H,3-4,8-11H2,1-2H3. The molecule has 0 bridgehead atoms. The highest BCUT2D eigenvalue weighted by molar-refractivity contribution is 5.90. The first-order valence-corrected chi connectivity index (χ1v) is 8.89. The second-order valence-corrected chi connectivity index (χ2v) is 7.02. The fourth-order valence-corrected chi connectivity index (χ4v) is 3.26. The minimum absolute atomic E-state index is 0.0703. The molecule has 8 heteroatoms. The maximum absolute atomic E-state index is 12.8. The number of hydrogen-bond acceptors (Lipinski definition) is 6. The van der Waals surface area contributed by atoms with E-state index in [9.17, 15) is 4.79 Å². The van der Waals surface area contributed by atoms with Gasteiger partial charge in [0.2, 0.25) is 5.82 Å². The molecule has 1 amide bonds. The lowest BCUT2D eigenvalue weighted by atomic mass is 9.97. The molecule has 0 N–H and O–H groups in total. The minimum Gasteiger partial charge on any atom is -0.494 e. The van der Waals surface area contributed by atoms with E-state index in [0.29, 0.717) is 31.4 Å². The van der Waals surface area contributed by atoms with Gasteiger partial charge < -0.3 is 14.4 Å². The van der Waals surface area contributed by atoms with Crippen molar-refractivity contribution in [1.29, 1.82) is 0 Å². The van der Waals surface area contributed by atoms with Crippen LogP contribution in [-0.4, -0.2) is 57.4 Å². The Morgan fingerprint density at radius 1 is 1.27 bits per heavy atom. The summed E-state index contributed by atoms with van der Waals surface area (Å²) in [6.07, 6.45) is 7.52. The zero-order valence-corrected chi connectivity index (χ0v) is 15.1. The van der Waals surface area contributed by atoms with Crippen molar-refractivity contribution in [1.82, 2.24) is 24.6 Å².